The van der Waals surface area contributed by atoms with Crippen molar-refractivity contribution in [2.24, 2.45) is 5.92 Å². The molecule has 0 fully saturated rings. The first-order valence-electron chi connectivity index (χ1n) is 16.1. The summed E-state index contributed by atoms with van der Waals surface area (Å²) in [7, 11) is 0. The van der Waals surface area contributed by atoms with E-state index < -0.39 is 65.5 Å². The molecule has 12 heteroatoms. The Morgan fingerprint density at radius 2 is 1.54 bits per heavy atom. The number of nitrogens with one attached hydrogen (secondary N) is 1. The fraction of sp³-hybridized carbons (Fsp3) is 0.289. The molecule has 0 aliphatic rings. The second-order valence-electron chi connectivity index (χ2n) is 11.9. The average molecular weight is 685 g/mol. The highest BCUT2D eigenvalue weighted by Gasteiger charge is 2.37. The summed E-state index contributed by atoms with van der Waals surface area (Å²) in [4.78, 5) is 66.2. The number of carbonyl (C=O) groups excluding carboxylic acids is 4. The van der Waals surface area contributed by atoms with Gasteiger partial charge in [-0.3, -0.25) is 19.2 Å². The molecule has 262 valence electrons. The number of carboxylic acid groups (broad SMARTS) is 1. The van der Waals surface area contributed by atoms with Gasteiger partial charge in [-0.05, 0) is 74.4 Å². The van der Waals surface area contributed by atoms with E-state index in [0.717, 1.165) is 10.8 Å². The number of esters is 2. The van der Waals surface area contributed by atoms with E-state index in [2.05, 4.69) is 5.32 Å². The molecule has 0 saturated heterocycles. The number of amides is 2. The van der Waals surface area contributed by atoms with Crippen LogP contribution in [0.5, 0.6) is 0 Å². The van der Waals surface area contributed by atoms with Crippen LogP contribution >= 0.6 is 0 Å². The van der Waals surface area contributed by atoms with Crippen LogP contribution in [0.3, 0.4) is 0 Å². The largest absolute Gasteiger partial charge is 0.503 e. The molecule has 12 nitrogen and oxygen atoms in total. The highest BCUT2D eigenvalue weighted by atomic mass is 16.5. The fourth-order valence-electron chi connectivity index (χ4n) is 5.35. The quantitative estimate of drug-likeness (QED) is 0.0759. The normalized spacial score (nSPS) is 12.8. The van der Waals surface area contributed by atoms with Crippen LogP contribution in [0.2, 0.25) is 0 Å². The molecule has 3 N–H and O–H groups in total. The smallest absolute Gasteiger partial charge is 0.338 e. The van der Waals surface area contributed by atoms with Crippen molar-refractivity contribution in [2.75, 3.05) is 11.9 Å². The third-order valence-corrected chi connectivity index (χ3v) is 7.83. The maximum atomic E-state index is 14.1. The van der Waals surface area contributed by atoms with Crippen molar-refractivity contribution in [1.29, 1.82) is 0 Å². The van der Waals surface area contributed by atoms with E-state index in [1.165, 1.54) is 17.9 Å². The maximum Gasteiger partial charge on any atom is 0.338 e. The zero-order valence-corrected chi connectivity index (χ0v) is 28.3. The van der Waals surface area contributed by atoms with Crippen molar-refractivity contribution in [3.63, 3.8) is 0 Å². The molecule has 1 heterocycles. The highest BCUT2D eigenvalue weighted by Crippen LogP contribution is 2.27. The van der Waals surface area contributed by atoms with Crippen molar-refractivity contribution >= 4 is 46.2 Å². The molecule has 1 aromatic heterocycles. The Balaban J connectivity index is 1.74. The minimum atomic E-state index is -1.47. The van der Waals surface area contributed by atoms with Gasteiger partial charge in [0.2, 0.25) is 0 Å². The Bertz CT molecular complexity index is 1880. The van der Waals surface area contributed by atoms with Gasteiger partial charge in [-0.2, -0.15) is 0 Å². The van der Waals surface area contributed by atoms with Crippen LogP contribution in [0.25, 0.3) is 10.8 Å². The predicted octanol–water partition coefficient (Wildman–Crippen LogP) is 6.06. The van der Waals surface area contributed by atoms with Crippen molar-refractivity contribution in [2.45, 2.75) is 59.2 Å². The van der Waals surface area contributed by atoms with Gasteiger partial charge in [0.05, 0.1) is 30.6 Å². The van der Waals surface area contributed by atoms with Gasteiger partial charge in [-0.25, -0.2) is 4.79 Å². The minimum Gasteiger partial charge on any atom is -0.503 e. The second kappa shape index (κ2) is 17.0. The first-order chi connectivity index (χ1) is 23.9. The number of aliphatic hydroxyl groups excluding tert-OH is 1. The molecule has 0 saturated carbocycles. The molecular formula is C38H40N2O10. The summed E-state index contributed by atoms with van der Waals surface area (Å²) in [6.07, 6.45) is -1.62. The van der Waals surface area contributed by atoms with Gasteiger partial charge in [0.25, 0.3) is 11.8 Å². The van der Waals surface area contributed by atoms with Crippen molar-refractivity contribution in [1.82, 2.24) is 4.90 Å². The monoisotopic (exact) mass is 684 g/mol. The van der Waals surface area contributed by atoms with E-state index in [-0.39, 0.29) is 31.1 Å². The molecule has 4 rings (SSSR count). The molecule has 2 unspecified atom stereocenters. The molecule has 0 aliphatic heterocycles. The van der Waals surface area contributed by atoms with Crippen molar-refractivity contribution in [3.8, 4) is 0 Å². The number of carboxylic acids is 1. The summed E-state index contributed by atoms with van der Waals surface area (Å²) in [6.45, 7) is 6.14. The van der Waals surface area contributed by atoms with E-state index in [4.69, 9.17) is 13.9 Å². The summed E-state index contributed by atoms with van der Waals surface area (Å²) in [6, 6.07) is 23.8. The van der Waals surface area contributed by atoms with E-state index in [0.29, 0.717) is 11.3 Å². The number of rotatable bonds is 15. The number of aliphatic carboxylic acids is 1. The number of carbonyl (C=O) groups is 5. The molecule has 2 amide bonds. The van der Waals surface area contributed by atoms with E-state index >= 15 is 0 Å². The Morgan fingerprint density at radius 1 is 0.860 bits per heavy atom. The Labute approximate surface area is 289 Å². The lowest BCUT2D eigenvalue weighted by Gasteiger charge is -2.34. The summed E-state index contributed by atoms with van der Waals surface area (Å²) in [5.41, 5.74) is 0.450. The van der Waals surface area contributed by atoms with Gasteiger partial charge in [-0.15, -0.1) is 0 Å². The number of anilines is 1. The molecule has 0 spiro atoms. The van der Waals surface area contributed by atoms with Crippen LogP contribution in [0.15, 0.2) is 101 Å². The summed E-state index contributed by atoms with van der Waals surface area (Å²) >= 11 is 0. The van der Waals surface area contributed by atoms with Gasteiger partial charge in [-0.1, -0.05) is 54.6 Å². The SMILES string of the molecule is CCOC(=O)/C(CC(=O)O)=C(/O)C(=O)N(Cc1ccc2ccccc2c1)C(C)C(Cc1ccc(C(=O)Nc2ccccc2)o1)C(=O)OC(C)C. The number of hydrogen-bond donors (Lipinski definition) is 3. The molecule has 2 atom stereocenters. The number of hydrogen-bond acceptors (Lipinski definition) is 9. The maximum absolute atomic E-state index is 14.1. The Kier molecular flexibility index (Phi) is 12.5. The number of para-hydroxylation sites is 1. The van der Waals surface area contributed by atoms with Crippen LogP contribution in [0.4, 0.5) is 5.69 Å². The van der Waals surface area contributed by atoms with Gasteiger partial charge in [0.1, 0.15) is 5.76 Å². The lowest BCUT2D eigenvalue weighted by atomic mass is 9.93. The number of furan rings is 1. The third kappa shape index (κ3) is 9.59. The highest BCUT2D eigenvalue weighted by molar-refractivity contribution is 6.04. The van der Waals surface area contributed by atoms with Gasteiger partial charge in [0.15, 0.2) is 11.5 Å². The number of fused-ring (bicyclic) bond motifs is 1. The molecule has 3 aromatic carbocycles. The molecule has 4 aromatic rings. The molecule has 0 radical (unpaired) electrons. The standard InChI is InChI=1S/C38H40N2O10/c1-5-48-37(46)31(21-33(41)42)34(43)36(45)40(22-25-15-16-26-11-9-10-12-27(26)19-25)24(4)30(38(47)49-23(2)3)20-29-17-18-32(50-29)35(44)39-28-13-7-6-8-14-28/h6-19,23-24,30,43H,5,20-22H2,1-4H3,(H,39,44)(H,41,42)/b34-31+. The zero-order valence-electron chi connectivity index (χ0n) is 28.3. The zero-order chi connectivity index (χ0) is 36.4. The fourth-order valence-corrected chi connectivity index (χ4v) is 5.35. The average Bonchev–Trinajstić information content (AvgIpc) is 3.56. The van der Waals surface area contributed by atoms with Gasteiger partial charge >= 0.3 is 17.9 Å². The van der Waals surface area contributed by atoms with Crippen LogP contribution in [0.1, 0.15) is 56.0 Å². The van der Waals surface area contributed by atoms with Gasteiger partial charge < -0.3 is 34.3 Å². The molecule has 0 bridgehead atoms. The number of nitrogens with zero attached hydrogens (tertiary/aromatic N) is 1. The van der Waals surface area contributed by atoms with Gasteiger partial charge in [0, 0.05) is 24.7 Å². The summed E-state index contributed by atoms with van der Waals surface area (Å²) in [5.74, 6) is -6.90. The van der Waals surface area contributed by atoms with Crippen LogP contribution < -0.4 is 5.32 Å². The van der Waals surface area contributed by atoms with Crippen LogP contribution in [-0.4, -0.2) is 63.6 Å². The summed E-state index contributed by atoms with van der Waals surface area (Å²) < 4.78 is 16.4. The summed E-state index contributed by atoms with van der Waals surface area (Å²) in [5, 5.41) is 25.2. The van der Waals surface area contributed by atoms with E-state index in [1.54, 1.807) is 57.2 Å². The topological polar surface area (TPSA) is 173 Å². The second-order valence-corrected chi connectivity index (χ2v) is 11.9. The Morgan fingerprint density at radius 3 is 2.20 bits per heavy atom. The Hall–Kier alpha value is -5.91. The lowest BCUT2D eigenvalue weighted by Crippen LogP contribution is -2.47. The van der Waals surface area contributed by atoms with E-state index in [1.807, 2.05) is 42.5 Å². The molecule has 0 aliphatic carbocycles. The van der Waals surface area contributed by atoms with Crippen LogP contribution in [-0.2, 0) is 41.6 Å². The lowest BCUT2D eigenvalue weighted by molar-refractivity contribution is -0.156. The number of benzene rings is 3. The first-order valence-corrected chi connectivity index (χ1v) is 16.1. The van der Waals surface area contributed by atoms with Crippen molar-refractivity contribution < 1.29 is 48.1 Å². The van der Waals surface area contributed by atoms with Crippen LogP contribution in [0, 0.1) is 5.92 Å². The van der Waals surface area contributed by atoms with Crippen molar-refractivity contribution in [3.05, 3.63) is 113 Å². The number of ether oxygens (including phenoxy) is 2. The minimum absolute atomic E-state index is 0.00935. The third-order valence-electron chi connectivity index (χ3n) is 7.83. The van der Waals surface area contributed by atoms with E-state index in [9.17, 15) is 34.2 Å². The predicted molar refractivity (Wildman–Crippen MR) is 184 cm³/mol. The molecular weight excluding hydrogens is 644 g/mol. The number of aliphatic hydroxyl groups is 1. The first kappa shape index (κ1) is 36.9. The molecule has 50 heavy (non-hydrogen) atoms.